The highest BCUT2D eigenvalue weighted by Crippen LogP contribution is 2.46. The van der Waals surface area contributed by atoms with Crippen LogP contribution in [-0.2, 0) is 9.36 Å². The van der Waals surface area contributed by atoms with E-state index in [-0.39, 0.29) is 18.0 Å². The topological polar surface area (TPSA) is 86.6 Å². The van der Waals surface area contributed by atoms with Crippen molar-refractivity contribution in [3.63, 3.8) is 0 Å². The summed E-state index contributed by atoms with van der Waals surface area (Å²) in [7, 11) is -3.28. The highest BCUT2D eigenvalue weighted by atomic mass is 31.2. The molecule has 6 heteroatoms. The maximum absolute atomic E-state index is 12.3. The molecule has 0 aromatic heterocycles. The molecule has 0 amide bonds. The second kappa shape index (κ2) is 8.58. The maximum Gasteiger partial charge on any atom is 0.203 e. The minimum Gasteiger partial charge on any atom is -0.393 e. The fourth-order valence-electron chi connectivity index (χ4n) is 3.71. The van der Waals surface area contributed by atoms with Gasteiger partial charge in [0.1, 0.15) is 5.78 Å². The van der Waals surface area contributed by atoms with Crippen molar-refractivity contribution in [2.24, 2.45) is 5.92 Å². The quantitative estimate of drug-likeness (QED) is 0.594. The molecule has 1 aliphatic heterocycles. The molecule has 0 bridgehead atoms. The first-order chi connectivity index (χ1) is 10.5. The van der Waals surface area contributed by atoms with Crippen molar-refractivity contribution in [2.45, 2.75) is 69.9 Å². The minimum absolute atomic E-state index is 0.0606. The van der Waals surface area contributed by atoms with Crippen LogP contribution < -0.4 is 5.32 Å². The number of carbonyl (C=O) groups is 1. The number of carbonyl (C=O) groups excluding carboxylic acids is 1. The zero-order valence-corrected chi connectivity index (χ0v) is 14.3. The van der Waals surface area contributed by atoms with Gasteiger partial charge < -0.3 is 15.3 Å². The van der Waals surface area contributed by atoms with Crippen LogP contribution in [0.4, 0.5) is 0 Å². The molecule has 0 aromatic carbocycles. The number of rotatable bonds is 8. The number of ketones is 1. The monoisotopic (exact) mass is 331 g/mol. The van der Waals surface area contributed by atoms with Crippen LogP contribution in [-0.4, -0.2) is 46.8 Å². The number of Topliss-reactive ketones (excluding diaryl/α,β-unsaturated/α-hetero) is 1. The Balaban J connectivity index is 1.69. The number of aliphatic hydroxyl groups excluding tert-OH is 1. The SMILES string of the molecule is O=C(CC[C@@H](O)CP(=O)(O)CC1CCCCC1)[C@@H]1CCCN1. The van der Waals surface area contributed by atoms with Crippen LogP contribution in [0.3, 0.4) is 0 Å². The molecule has 5 nitrogen and oxygen atoms in total. The maximum atomic E-state index is 12.3. The average molecular weight is 331 g/mol. The van der Waals surface area contributed by atoms with Gasteiger partial charge >= 0.3 is 0 Å². The van der Waals surface area contributed by atoms with E-state index in [1.165, 1.54) is 6.42 Å². The van der Waals surface area contributed by atoms with Gasteiger partial charge in [-0.1, -0.05) is 19.3 Å². The summed E-state index contributed by atoms with van der Waals surface area (Å²) in [5, 5.41) is 13.1. The Bertz CT molecular complexity index is 403. The van der Waals surface area contributed by atoms with Gasteiger partial charge in [-0.2, -0.15) is 0 Å². The lowest BCUT2D eigenvalue weighted by atomic mass is 9.91. The predicted octanol–water partition coefficient (Wildman–Crippen LogP) is 2.30. The third kappa shape index (κ3) is 6.11. The van der Waals surface area contributed by atoms with Crippen molar-refractivity contribution >= 4 is 13.2 Å². The molecular weight excluding hydrogens is 301 g/mol. The Morgan fingerprint density at radius 3 is 2.55 bits per heavy atom. The zero-order chi connectivity index (χ0) is 16.0. The summed E-state index contributed by atoms with van der Waals surface area (Å²) >= 11 is 0. The first-order valence-corrected chi connectivity index (χ1v) is 10.7. The predicted molar refractivity (Wildman–Crippen MR) is 87.4 cm³/mol. The highest BCUT2D eigenvalue weighted by Gasteiger charge is 2.29. The number of hydrogen-bond donors (Lipinski definition) is 3. The summed E-state index contributed by atoms with van der Waals surface area (Å²) in [6.07, 6.45) is 7.51. The van der Waals surface area contributed by atoms with Crippen molar-refractivity contribution < 1.29 is 19.4 Å². The molecule has 1 saturated carbocycles. The number of nitrogens with one attached hydrogen (secondary N) is 1. The molecule has 1 unspecified atom stereocenters. The second-order valence-corrected chi connectivity index (χ2v) is 9.45. The van der Waals surface area contributed by atoms with E-state index in [1.807, 2.05) is 0 Å². The standard InChI is InChI=1S/C16H30NO4P/c18-14(8-9-16(19)15-7-4-10-17-15)12-22(20,21)11-13-5-2-1-3-6-13/h13-15,17-18H,1-12H2,(H,20,21)/t14-,15+/m1/s1. The van der Waals surface area contributed by atoms with Gasteiger partial charge in [-0.3, -0.25) is 9.36 Å². The van der Waals surface area contributed by atoms with E-state index >= 15 is 0 Å². The van der Waals surface area contributed by atoms with E-state index in [2.05, 4.69) is 5.32 Å². The van der Waals surface area contributed by atoms with E-state index in [0.717, 1.165) is 45.1 Å². The van der Waals surface area contributed by atoms with Crippen LogP contribution in [0.1, 0.15) is 57.8 Å². The smallest absolute Gasteiger partial charge is 0.203 e. The lowest BCUT2D eigenvalue weighted by Gasteiger charge is -2.25. The third-order valence-electron chi connectivity index (χ3n) is 4.94. The molecule has 3 atom stereocenters. The van der Waals surface area contributed by atoms with Gasteiger partial charge in [-0.05, 0) is 44.6 Å². The third-order valence-corrected chi connectivity index (χ3v) is 7.02. The molecule has 0 spiro atoms. The van der Waals surface area contributed by atoms with Crippen LogP contribution in [0, 0.1) is 5.92 Å². The van der Waals surface area contributed by atoms with Crippen LogP contribution in [0.25, 0.3) is 0 Å². The molecule has 1 saturated heterocycles. The number of hydrogen-bond acceptors (Lipinski definition) is 4. The molecule has 0 aromatic rings. The molecule has 2 rings (SSSR count). The van der Waals surface area contributed by atoms with Crippen molar-refractivity contribution in [3.05, 3.63) is 0 Å². The molecule has 1 heterocycles. The Labute approximate surface area is 133 Å². The molecule has 2 fully saturated rings. The van der Waals surface area contributed by atoms with Gasteiger partial charge in [-0.25, -0.2) is 0 Å². The Morgan fingerprint density at radius 2 is 1.91 bits per heavy atom. The van der Waals surface area contributed by atoms with E-state index in [1.54, 1.807) is 0 Å². The summed E-state index contributed by atoms with van der Waals surface area (Å²) in [6, 6.07) is -0.0737. The van der Waals surface area contributed by atoms with Crippen molar-refractivity contribution in [1.29, 1.82) is 0 Å². The summed E-state index contributed by atoms with van der Waals surface area (Å²) in [5.41, 5.74) is 0. The lowest BCUT2D eigenvalue weighted by molar-refractivity contribution is -0.121. The normalized spacial score (nSPS) is 27.5. The minimum atomic E-state index is -3.28. The average Bonchev–Trinajstić information content (AvgIpc) is 2.99. The van der Waals surface area contributed by atoms with E-state index in [9.17, 15) is 19.4 Å². The molecule has 2 aliphatic rings. The molecule has 1 aliphatic carbocycles. The summed E-state index contributed by atoms with van der Waals surface area (Å²) < 4.78 is 12.3. The van der Waals surface area contributed by atoms with Crippen molar-refractivity contribution in [2.75, 3.05) is 18.9 Å². The van der Waals surface area contributed by atoms with E-state index in [0.29, 0.717) is 24.9 Å². The van der Waals surface area contributed by atoms with Gasteiger partial charge in [0, 0.05) is 12.6 Å². The van der Waals surface area contributed by atoms with E-state index < -0.39 is 13.5 Å². The Morgan fingerprint density at radius 1 is 1.18 bits per heavy atom. The molecule has 22 heavy (non-hydrogen) atoms. The van der Waals surface area contributed by atoms with Crippen molar-refractivity contribution in [3.8, 4) is 0 Å². The first kappa shape index (κ1) is 18.1. The summed E-state index contributed by atoms with van der Waals surface area (Å²) in [5.74, 6) is 0.456. The van der Waals surface area contributed by atoms with E-state index in [4.69, 9.17) is 0 Å². The highest BCUT2D eigenvalue weighted by molar-refractivity contribution is 7.58. The van der Waals surface area contributed by atoms with Gasteiger partial charge in [0.15, 0.2) is 0 Å². The fraction of sp³-hybridized carbons (Fsp3) is 0.938. The second-order valence-electron chi connectivity index (χ2n) is 7.02. The van der Waals surface area contributed by atoms with Crippen LogP contribution in [0.5, 0.6) is 0 Å². The number of aliphatic hydroxyl groups is 1. The van der Waals surface area contributed by atoms with Gasteiger partial charge in [0.25, 0.3) is 0 Å². The van der Waals surface area contributed by atoms with Gasteiger partial charge in [-0.15, -0.1) is 0 Å². The molecule has 0 radical (unpaired) electrons. The van der Waals surface area contributed by atoms with Gasteiger partial charge in [0.05, 0.1) is 18.3 Å². The zero-order valence-electron chi connectivity index (χ0n) is 13.4. The first-order valence-electron chi connectivity index (χ1n) is 8.71. The Kier molecular flexibility index (Phi) is 7.07. The molecule has 128 valence electrons. The van der Waals surface area contributed by atoms with Crippen LogP contribution >= 0.6 is 7.37 Å². The summed E-state index contributed by atoms with van der Waals surface area (Å²) in [4.78, 5) is 22.0. The summed E-state index contributed by atoms with van der Waals surface area (Å²) in [6.45, 7) is 0.881. The van der Waals surface area contributed by atoms with Crippen LogP contribution in [0.2, 0.25) is 0 Å². The lowest BCUT2D eigenvalue weighted by Crippen LogP contribution is -2.31. The van der Waals surface area contributed by atoms with Crippen molar-refractivity contribution in [1.82, 2.24) is 5.32 Å². The van der Waals surface area contributed by atoms with Gasteiger partial charge in [0.2, 0.25) is 7.37 Å². The van der Waals surface area contributed by atoms with Crippen LogP contribution in [0.15, 0.2) is 0 Å². The molecular formula is C16H30NO4P. The molecule has 3 N–H and O–H groups in total. The fourth-order valence-corrected chi connectivity index (χ4v) is 5.87. The largest absolute Gasteiger partial charge is 0.393 e. The Hall–Kier alpha value is -0.220.